The van der Waals surface area contributed by atoms with Crippen molar-refractivity contribution in [1.82, 2.24) is 4.72 Å². The zero-order valence-corrected chi connectivity index (χ0v) is 22.0. The molecule has 0 spiro atoms. The number of nitrogens with zero attached hydrogens (tertiary/aromatic N) is 1. The van der Waals surface area contributed by atoms with Gasteiger partial charge in [-0.25, -0.2) is 27.8 Å². The van der Waals surface area contributed by atoms with Gasteiger partial charge in [-0.1, -0.05) is 35.3 Å². The van der Waals surface area contributed by atoms with Crippen molar-refractivity contribution in [3.63, 3.8) is 0 Å². The normalized spacial score (nSPS) is 12.3. The fourth-order valence-electron chi connectivity index (χ4n) is 2.51. The molecule has 19 heteroatoms. The Morgan fingerprint density at radius 2 is 1.76 bits per heavy atom. The molecule has 210 valence electrons. The highest BCUT2D eigenvalue weighted by Crippen LogP contribution is 2.34. The van der Waals surface area contributed by atoms with Gasteiger partial charge in [-0.05, 0) is 35.3 Å². The van der Waals surface area contributed by atoms with Crippen molar-refractivity contribution in [3.05, 3.63) is 44.6 Å². The molecule has 38 heavy (non-hydrogen) atoms. The van der Waals surface area contributed by atoms with E-state index in [4.69, 9.17) is 44.2 Å². The highest BCUT2D eigenvalue weighted by molar-refractivity contribution is 7.89. The minimum absolute atomic E-state index is 0.0204. The summed E-state index contributed by atoms with van der Waals surface area (Å²) >= 11 is 12.4. The van der Waals surface area contributed by atoms with Gasteiger partial charge in [-0.15, -0.1) is 11.3 Å². The summed E-state index contributed by atoms with van der Waals surface area (Å²) < 4.78 is 69.9. The summed E-state index contributed by atoms with van der Waals surface area (Å²) in [5.41, 5.74) is 10.5. The van der Waals surface area contributed by atoms with Crippen LogP contribution in [0.4, 0.5) is 13.2 Å². The molecule has 2 rings (SSSR count). The monoisotopic (exact) mass is 622 g/mol. The molecule has 0 unspecified atom stereocenters. The number of nitrogens with one attached hydrogen (secondary N) is 1. The van der Waals surface area contributed by atoms with E-state index >= 15 is 0 Å². The number of carbonyl (C=O) groups is 2. The zero-order valence-electron chi connectivity index (χ0n) is 18.9. The minimum Gasteiger partial charge on any atom is -0.493 e. The van der Waals surface area contributed by atoms with Gasteiger partial charge in [0.25, 0.3) is 0 Å². The molecule has 5 N–H and O–H groups in total. The van der Waals surface area contributed by atoms with E-state index in [-0.39, 0.29) is 27.8 Å². The molecule has 0 bridgehead atoms. The van der Waals surface area contributed by atoms with Crippen molar-refractivity contribution in [2.75, 3.05) is 13.2 Å². The van der Waals surface area contributed by atoms with Crippen LogP contribution in [0.3, 0.4) is 0 Å². The number of guanidine groups is 1. The Morgan fingerprint density at radius 1 is 1.11 bits per heavy atom. The number of ether oxygens (including phenoxy) is 1. The Labute approximate surface area is 227 Å². The Balaban J connectivity index is 2.11. The van der Waals surface area contributed by atoms with Crippen molar-refractivity contribution in [3.8, 4) is 5.75 Å². The van der Waals surface area contributed by atoms with Crippen LogP contribution in [0.25, 0.3) is 0 Å². The summed E-state index contributed by atoms with van der Waals surface area (Å²) in [5.74, 6) is -4.28. The summed E-state index contributed by atoms with van der Waals surface area (Å²) in [6.45, 7) is 0.404. The molecular formula is C19H19Cl2F3N4O8S2. The van der Waals surface area contributed by atoms with Crippen LogP contribution in [0.15, 0.2) is 40.4 Å². The van der Waals surface area contributed by atoms with E-state index in [0.29, 0.717) is 17.7 Å². The Hall–Kier alpha value is -2.99. The first kappa shape index (κ1) is 31.2. The molecule has 0 fully saturated rings. The lowest BCUT2D eigenvalue weighted by molar-refractivity contribution is -0.286. The van der Waals surface area contributed by atoms with Gasteiger partial charge in [-0.2, -0.15) is 17.9 Å². The Kier molecular flexibility index (Phi) is 11.3. The smallest absolute Gasteiger partial charge is 0.493 e. The number of alkyl halides is 3. The minimum atomic E-state index is -5.46. The average Bonchev–Trinajstić information content (AvgIpc) is 3.17. The summed E-state index contributed by atoms with van der Waals surface area (Å²) in [7, 11) is -4.52. The number of rotatable bonds is 12. The van der Waals surface area contributed by atoms with E-state index in [0.717, 1.165) is 17.4 Å². The lowest BCUT2D eigenvalue weighted by Gasteiger charge is -2.17. The molecule has 0 aliphatic heterocycles. The van der Waals surface area contributed by atoms with Gasteiger partial charge < -0.3 is 21.0 Å². The molecule has 0 aliphatic carbocycles. The molecule has 1 aromatic carbocycles. The average molecular weight is 623 g/mol. The summed E-state index contributed by atoms with van der Waals surface area (Å²) in [6, 6.07) is 5.06. The number of thiophene rings is 1. The van der Waals surface area contributed by atoms with E-state index in [1.165, 1.54) is 24.3 Å². The Morgan fingerprint density at radius 3 is 2.32 bits per heavy atom. The number of halogens is 5. The van der Waals surface area contributed by atoms with E-state index in [9.17, 15) is 31.2 Å². The number of hydrogen-bond acceptors (Lipinski definition) is 10. The first-order chi connectivity index (χ1) is 17.7. The fourth-order valence-corrected chi connectivity index (χ4v) is 5.84. The maximum atomic E-state index is 12.8. The van der Waals surface area contributed by atoms with Crippen LogP contribution in [-0.4, -0.2) is 51.7 Å². The first-order valence-electron chi connectivity index (χ1n) is 10.1. The van der Waals surface area contributed by atoms with Crippen LogP contribution in [0, 0.1) is 0 Å². The molecule has 12 nitrogen and oxygen atoms in total. The molecular weight excluding hydrogens is 604 g/mol. The molecule has 1 heterocycles. The second kappa shape index (κ2) is 13.7. The molecule has 1 atom stereocenters. The predicted molar refractivity (Wildman–Crippen MR) is 129 cm³/mol. The van der Waals surface area contributed by atoms with E-state index in [1.807, 2.05) is 4.72 Å². The zero-order chi connectivity index (χ0) is 28.5. The van der Waals surface area contributed by atoms with Crippen molar-refractivity contribution in [2.45, 2.75) is 30.0 Å². The maximum absolute atomic E-state index is 12.8. The van der Waals surface area contributed by atoms with Crippen LogP contribution < -0.4 is 20.9 Å². The van der Waals surface area contributed by atoms with Gasteiger partial charge >= 0.3 is 18.1 Å². The van der Waals surface area contributed by atoms with Crippen LogP contribution in [0.1, 0.15) is 12.0 Å². The standard InChI is InChI=1S/C19H19Cl2F3N4O8S2/c20-14-9-13(15(21)37-14)38(31,32)28-12(16(29)35-36-17(30)19(22,23)24)8-10-2-4-11(5-3-10)33-6-1-7-34-27-18(25)26/h2-5,9,12,28H,1,6-8H2,(H4,25,26,27)/t12-/m0/s1. The van der Waals surface area contributed by atoms with Gasteiger partial charge in [-0.3, -0.25) is 0 Å². The molecule has 0 aliphatic rings. The number of carbonyl (C=O) groups excluding carboxylic acids is 2. The van der Waals surface area contributed by atoms with Crippen molar-refractivity contribution in [1.29, 1.82) is 0 Å². The van der Waals surface area contributed by atoms with Crippen LogP contribution in [-0.2, 0) is 40.6 Å². The maximum Gasteiger partial charge on any atom is 0.495 e. The highest BCUT2D eigenvalue weighted by Gasteiger charge is 2.43. The molecule has 0 saturated heterocycles. The molecule has 2 aromatic rings. The largest absolute Gasteiger partial charge is 0.495 e. The van der Waals surface area contributed by atoms with Gasteiger partial charge in [0.1, 0.15) is 27.6 Å². The third-order valence-corrected chi connectivity index (χ3v) is 7.33. The highest BCUT2D eigenvalue weighted by atomic mass is 35.5. The Bertz CT molecular complexity index is 1250. The number of sulfonamides is 1. The third-order valence-electron chi connectivity index (χ3n) is 4.11. The van der Waals surface area contributed by atoms with Crippen LogP contribution in [0.5, 0.6) is 5.75 Å². The first-order valence-corrected chi connectivity index (χ1v) is 13.1. The summed E-state index contributed by atoms with van der Waals surface area (Å²) in [4.78, 5) is 35.1. The van der Waals surface area contributed by atoms with E-state index < -0.39 is 45.5 Å². The fraction of sp³-hybridized carbons (Fsp3) is 0.316. The van der Waals surface area contributed by atoms with Gasteiger partial charge in [0, 0.05) is 6.42 Å². The lowest BCUT2D eigenvalue weighted by Crippen LogP contribution is -2.44. The van der Waals surface area contributed by atoms with Crippen molar-refractivity contribution >= 4 is 62.5 Å². The van der Waals surface area contributed by atoms with Crippen molar-refractivity contribution < 1.29 is 50.5 Å². The van der Waals surface area contributed by atoms with Gasteiger partial charge in [0.2, 0.25) is 16.0 Å². The predicted octanol–water partition coefficient (Wildman–Crippen LogP) is 2.48. The van der Waals surface area contributed by atoms with Gasteiger partial charge in [0.15, 0.2) is 0 Å². The summed E-state index contributed by atoms with van der Waals surface area (Å²) in [6.07, 6.45) is -5.45. The lowest BCUT2D eigenvalue weighted by atomic mass is 10.1. The quantitative estimate of drug-likeness (QED) is 0.104. The molecule has 1 aromatic heterocycles. The van der Waals surface area contributed by atoms with Crippen LogP contribution in [0.2, 0.25) is 8.67 Å². The number of oxime groups is 1. The second-order valence-corrected chi connectivity index (χ2v) is 11.0. The second-order valence-electron chi connectivity index (χ2n) is 7.03. The van der Waals surface area contributed by atoms with Gasteiger partial charge in [0.05, 0.1) is 10.9 Å². The third kappa shape index (κ3) is 10.1. The molecule has 0 radical (unpaired) electrons. The SMILES string of the molecule is NC(N)=NOCCCOc1ccc(C[C@H](NS(=O)(=O)c2cc(Cl)sc2Cl)C(=O)OOC(=O)C(F)(F)F)cc1. The topological polar surface area (TPSA) is 182 Å². The number of benzene rings is 1. The van der Waals surface area contributed by atoms with Crippen molar-refractivity contribution in [2.24, 2.45) is 16.6 Å². The van der Waals surface area contributed by atoms with E-state index in [1.54, 1.807) is 0 Å². The number of nitrogens with two attached hydrogens (primary N) is 2. The van der Waals surface area contributed by atoms with E-state index in [2.05, 4.69) is 14.9 Å². The molecule has 0 amide bonds. The molecule has 0 saturated carbocycles. The summed E-state index contributed by atoms with van der Waals surface area (Å²) in [5, 5.41) is 3.34. The van der Waals surface area contributed by atoms with Crippen LogP contribution >= 0.6 is 34.5 Å². The number of hydrogen-bond donors (Lipinski definition) is 3.